The highest BCUT2D eigenvalue weighted by atomic mass is 127. The Morgan fingerprint density at radius 2 is 2.00 bits per heavy atom. The fourth-order valence-electron chi connectivity index (χ4n) is 2.91. The fraction of sp³-hybridized carbons (Fsp3) is 0.316. The molecule has 0 amide bonds. The molecule has 0 saturated heterocycles. The predicted octanol–water partition coefficient (Wildman–Crippen LogP) is 2.74. The monoisotopic (exact) mass is 494 g/mol. The summed E-state index contributed by atoms with van der Waals surface area (Å²) in [6, 6.07) is 11.7. The average Bonchev–Trinajstić information content (AvgIpc) is 2.96. The highest BCUT2D eigenvalue weighted by Crippen LogP contribution is 2.32. The second-order valence-corrected chi connectivity index (χ2v) is 6.13. The Morgan fingerprint density at radius 3 is 2.86 bits per heavy atom. The second-order valence-electron chi connectivity index (χ2n) is 6.13. The number of aromatic nitrogens is 3. The molecule has 0 saturated carbocycles. The first-order valence-electron chi connectivity index (χ1n) is 8.99. The van der Waals surface area contributed by atoms with Crippen molar-refractivity contribution in [3.05, 3.63) is 48.4 Å². The van der Waals surface area contributed by atoms with Crippen LogP contribution in [-0.4, -0.2) is 47.4 Å². The Morgan fingerprint density at radius 1 is 1.14 bits per heavy atom. The van der Waals surface area contributed by atoms with E-state index in [2.05, 4.69) is 25.8 Å². The minimum absolute atomic E-state index is 0. The third-order valence-electron chi connectivity index (χ3n) is 4.26. The molecular formula is C19H23IN6O2. The van der Waals surface area contributed by atoms with E-state index in [0.717, 1.165) is 41.5 Å². The van der Waals surface area contributed by atoms with Gasteiger partial charge in [0.25, 0.3) is 0 Å². The Bertz CT molecular complexity index is 959. The average molecular weight is 494 g/mol. The number of pyridine rings is 1. The van der Waals surface area contributed by atoms with Gasteiger partial charge in [0, 0.05) is 44.4 Å². The lowest BCUT2D eigenvalue weighted by Crippen LogP contribution is -2.32. The van der Waals surface area contributed by atoms with Gasteiger partial charge in [-0.3, -0.25) is 9.39 Å². The van der Waals surface area contributed by atoms with Gasteiger partial charge in [-0.05, 0) is 24.3 Å². The van der Waals surface area contributed by atoms with Crippen molar-refractivity contribution >= 4 is 41.3 Å². The number of nitrogens with zero attached hydrogens (tertiary/aromatic N) is 4. The van der Waals surface area contributed by atoms with Gasteiger partial charge in [-0.25, -0.2) is 0 Å². The highest BCUT2D eigenvalue weighted by Gasteiger charge is 2.11. The number of rotatable bonds is 4. The van der Waals surface area contributed by atoms with Crippen molar-refractivity contribution in [2.75, 3.05) is 32.1 Å². The summed E-state index contributed by atoms with van der Waals surface area (Å²) in [7, 11) is 1.74. The lowest BCUT2D eigenvalue weighted by atomic mass is 10.2. The molecule has 1 aromatic carbocycles. The van der Waals surface area contributed by atoms with Crippen LogP contribution in [-0.2, 0) is 6.42 Å². The fourth-order valence-corrected chi connectivity index (χ4v) is 2.91. The number of halogens is 1. The van der Waals surface area contributed by atoms with Gasteiger partial charge in [-0.1, -0.05) is 6.07 Å². The largest absolute Gasteiger partial charge is 0.490 e. The number of hydrogen-bond acceptors (Lipinski definition) is 5. The zero-order chi connectivity index (χ0) is 18.5. The maximum absolute atomic E-state index is 5.73. The third kappa shape index (κ3) is 4.64. The molecule has 0 bridgehead atoms. The Labute approximate surface area is 180 Å². The first kappa shape index (κ1) is 20.2. The molecule has 4 rings (SSSR count). The van der Waals surface area contributed by atoms with Crippen molar-refractivity contribution in [1.82, 2.24) is 19.9 Å². The Kier molecular flexibility index (Phi) is 6.90. The summed E-state index contributed by atoms with van der Waals surface area (Å²) in [6.45, 7) is 2.02. The SMILES string of the molecule is CN=C(NCCc1nnc2ccccn12)Nc1ccc2c(c1)OCCCO2.I. The number of anilines is 1. The van der Waals surface area contributed by atoms with Gasteiger partial charge in [0.2, 0.25) is 0 Å². The van der Waals surface area contributed by atoms with Crippen LogP contribution in [0.1, 0.15) is 12.2 Å². The summed E-state index contributed by atoms with van der Waals surface area (Å²) in [4.78, 5) is 4.27. The van der Waals surface area contributed by atoms with Crippen LogP contribution >= 0.6 is 24.0 Å². The lowest BCUT2D eigenvalue weighted by Gasteiger charge is -2.13. The van der Waals surface area contributed by atoms with Gasteiger partial charge in [-0.15, -0.1) is 34.2 Å². The van der Waals surface area contributed by atoms with E-state index in [1.54, 1.807) is 7.05 Å². The van der Waals surface area contributed by atoms with E-state index in [-0.39, 0.29) is 24.0 Å². The summed E-state index contributed by atoms with van der Waals surface area (Å²) in [6.07, 6.45) is 3.58. The minimum Gasteiger partial charge on any atom is -0.490 e. The number of aliphatic imine (C=N–C) groups is 1. The summed E-state index contributed by atoms with van der Waals surface area (Å²) < 4.78 is 13.4. The maximum Gasteiger partial charge on any atom is 0.195 e. The molecule has 2 aromatic heterocycles. The molecule has 0 radical (unpaired) electrons. The van der Waals surface area contributed by atoms with E-state index in [9.17, 15) is 0 Å². The Balaban J connectivity index is 0.00000225. The highest BCUT2D eigenvalue weighted by molar-refractivity contribution is 14.0. The zero-order valence-corrected chi connectivity index (χ0v) is 17.9. The summed E-state index contributed by atoms with van der Waals surface area (Å²) in [5, 5.41) is 15.0. The van der Waals surface area contributed by atoms with Crippen LogP contribution in [0.2, 0.25) is 0 Å². The predicted molar refractivity (Wildman–Crippen MR) is 119 cm³/mol. The van der Waals surface area contributed by atoms with Crippen LogP contribution in [0.3, 0.4) is 0 Å². The van der Waals surface area contributed by atoms with Crippen molar-refractivity contribution in [3.63, 3.8) is 0 Å². The normalized spacial score (nSPS) is 13.5. The maximum atomic E-state index is 5.73. The van der Waals surface area contributed by atoms with E-state index < -0.39 is 0 Å². The molecule has 3 aromatic rings. The van der Waals surface area contributed by atoms with Crippen LogP contribution in [0.4, 0.5) is 5.69 Å². The van der Waals surface area contributed by atoms with Crippen LogP contribution in [0.5, 0.6) is 11.5 Å². The summed E-state index contributed by atoms with van der Waals surface area (Å²) in [5.74, 6) is 3.12. The quantitative estimate of drug-likeness (QED) is 0.330. The number of ether oxygens (including phenoxy) is 2. The van der Waals surface area contributed by atoms with Crippen molar-refractivity contribution in [2.45, 2.75) is 12.8 Å². The van der Waals surface area contributed by atoms with Gasteiger partial charge in [0.15, 0.2) is 23.1 Å². The van der Waals surface area contributed by atoms with Gasteiger partial charge in [0.05, 0.1) is 13.2 Å². The molecule has 9 heteroatoms. The topological polar surface area (TPSA) is 85.1 Å². The van der Waals surface area contributed by atoms with Crippen LogP contribution in [0.15, 0.2) is 47.6 Å². The second kappa shape index (κ2) is 9.58. The molecule has 8 nitrogen and oxygen atoms in total. The Hall–Kier alpha value is -2.56. The molecule has 1 aliphatic heterocycles. The number of fused-ring (bicyclic) bond motifs is 2. The van der Waals surface area contributed by atoms with Crippen LogP contribution in [0.25, 0.3) is 5.65 Å². The van der Waals surface area contributed by atoms with Crippen molar-refractivity contribution in [2.24, 2.45) is 4.99 Å². The molecule has 0 aliphatic carbocycles. The summed E-state index contributed by atoms with van der Waals surface area (Å²) >= 11 is 0. The van der Waals surface area contributed by atoms with Crippen molar-refractivity contribution in [3.8, 4) is 11.5 Å². The molecule has 0 fully saturated rings. The van der Waals surface area contributed by atoms with Crippen LogP contribution in [0, 0.1) is 0 Å². The lowest BCUT2D eigenvalue weighted by molar-refractivity contribution is 0.297. The first-order chi connectivity index (χ1) is 13.3. The minimum atomic E-state index is 0. The summed E-state index contributed by atoms with van der Waals surface area (Å²) in [5.41, 5.74) is 1.74. The number of guanidine groups is 1. The molecule has 0 spiro atoms. The van der Waals surface area contributed by atoms with Crippen molar-refractivity contribution in [1.29, 1.82) is 0 Å². The smallest absolute Gasteiger partial charge is 0.195 e. The van der Waals surface area contributed by atoms with Crippen molar-refractivity contribution < 1.29 is 9.47 Å². The van der Waals surface area contributed by atoms with Gasteiger partial charge in [-0.2, -0.15) is 0 Å². The van der Waals surface area contributed by atoms with Gasteiger partial charge < -0.3 is 20.1 Å². The molecule has 3 heterocycles. The molecule has 1 aliphatic rings. The van der Waals surface area contributed by atoms with Gasteiger partial charge >= 0.3 is 0 Å². The molecule has 148 valence electrons. The van der Waals surface area contributed by atoms with E-state index in [0.29, 0.717) is 25.7 Å². The molecular weight excluding hydrogens is 471 g/mol. The zero-order valence-electron chi connectivity index (χ0n) is 15.6. The standard InChI is InChI=1S/C19H22N6O2.HI/c1-20-19(21-9-8-18-24-23-17-5-2-3-10-25(17)18)22-14-6-7-15-16(13-14)27-12-4-11-26-15;/h2-3,5-7,10,13H,4,8-9,11-12H2,1H3,(H2,20,21,22);1H. The number of hydrogen-bond donors (Lipinski definition) is 2. The molecule has 28 heavy (non-hydrogen) atoms. The first-order valence-corrected chi connectivity index (χ1v) is 8.99. The van der Waals surface area contributed by atoms with E-state index >= 15 is 0 Å². The van der Waals surface area contributed by atoms with Crippen LogP contribution < -0.4 is 20.1 Å². The van der Waals surface area contributed by atoms with E-state index in [4.69, 9.17) is 9.47 Å². The molecule has 0 atom stereocenters. The number of benzene rings is 1. The number of nitrogens with one attached hydrogen (secondary N) is 2. The van der Waals surface area contributed by atoms with E-state index in [1.165, 1.54) is 0 Å². The molecule has 0 unspecified atom stereocenters. The van der Waals surface area contributed by atoms with E-state index in [1.807, 2.05) is 47.0 Å². The third-order valence-corrected chi connectivity index (χ3v) is 4.26. The molecule has 2 N–H and O–H groups in total. The van der Waals surface area contributed by atoms with Gasteiger partial charge in [0.1, 0.15) is 5.82 Å².